The van der Waals surface area contributed by atoms with Gasteiger partial charge in [-0.25, -0.2) is 18.5 Å². The molecule has 11 heteroatoms. The molecule has 0 saturated carbocycles. The second kappa shape index (κ2) is 11.8. The molecule has 0 atom stereocenters. The van der Waals surface area contributed by atoms with Gasteiger partial charge in [0.2, 0.25) is 0 Å². The predicted octanol–water partition coefficient (Wildman–Crippen LogP) is 5.21. The lowest BCUT2D eigenvalue weighted by Gasteiger charge is -2.24. The third-order valence-electron chi connectivity index (χ3n) is 5.76. The molecule has 0 aliphatic heterocycles. The van der Waals surface area contributed by atoms with E-state index >= 15 is 0 Å². The first-order valence-electron chi connectivity index (χ1n) is 11.6. The van der Waals surface area contributed by atoms with Crippen LogP contribution in [0.1, 0.15) is 16.8 Å². The van der Waals surface area contributed by atoms with Gasteiger partial charge in [0.25, 0.3) is 15.9 Å². The van der Waals surface area contributed by atoms with E-state index in [9.17, 15) is 13.2 Å². The van der Waals surface area contributed by atoms with E-state index in [1.807, 2.05) is 50.4 Å². The van der Waals surface area contributed by atoms with E-state index in [0.717, 1.165) is 26.1 Å². The van der Waals surface area contributed by atoms with Crippen LogP contribution in [0.25, 0.3) is 5.69 Å². The zero-order chi connectivity index (χ0) is 27.3. The number of aryl methyl sites for hydroxylation is 1. The summed E-state index contributed by atoms with van der Waals surface area (Å²) in [4.78, 5) is 13.9. The van der Waals surface area contributed by atoms with Crippen LogP contribution in [0.5, 0.6) is 0 Å². The van der Waals surface area contributed by atoms with Crippen LogP contribution < -0.4 is 9.73 Å². The molecule has 0 fully saturated rings. The molecule has 1 amide bonds. The number of hydrazone groups is 1. The van der Waals surface area contributed by atoms with Crippen LogP contribution in [0.3, 0.4) is 0 Å². The maximum Gasteiger partial charge on any atom is 0.264 e. The smallest absolute Gasteiger partial charge is 0.264 e. The van der Waals surface area contributed by atoms with E-state index in [0.29, 0.717) is 11.3 Å². The van der Waals surface area contributed by atoms with Crippen molar-refractivity contribution >= 4 is 51.2 Å². The lowest BCUT2D eigenvalue weighted by Crippen LogP contribution is -2.39. The average molecular weight is 568 g/mol. The van der Waals surface area contributed by atoms with Gasteiger partial charge < -0.3 is 0 Å². The summed E-state index contributed by atoms with van der Waals surface area (Å²) in [6, 6.07) is 22.9. The van der Waals surface area contributed by atoms with Crippen molar-refractivity contribution < 1.29 is 13.2 Å². The highest BCUT2D eigenvalue weighted by atomic mass is 35.5. The van der Waals surface area contributed by atoms with Gasteiger partial charge in [-0.1, -0.05) is 47.5 Å². The molecule has 1 N–H and O–H groups in total. The van der Waals surface area contributed by atoms with Crippen LogP contribution in [0.15, 0.2) is 93.8 Å². The van der Waals surface area contributed by atoms with E-state index in [2.05, 4.69) is 15.6 Å². The second-order valence-corrected chi connectivity index (χ2v) is 11.5. The summed E-state index contributed by atoms with van der Waals surface area (Å²) >= 11 is 7.83. The molecule has 0 spiro atoms. The number of nitrogens with one attached hydrogen (secondary N) is 1. The number of halogens is 1. The molecule has 4 rings (SSSR count). The summed E-state index contributed by atoms with van der Waals surface area (Å²) < 4.78 is 29.8. The third-order valence-corrected chi connectivity index (χ3v) is 8.57. The Morgan fingerprint density at radius 3 is 2.34 bits per heavy atom. The van der Waals surface area contributed by atoms with Gasteiger partial charge >= 0.3 is 0 Å². The minimum atomic E-state index is -4.03. The average Bonchev–Trinajstić information content (AvgIpc) is 3.21. The van der Waals surface area contributed by atoms with Crippen LogP contribution in [-0.4, -0.2) is 43.1 Å². The van der Waals surface area contributed by atoms with Crippen molar-refractivity contribution in [2.45, 2.75) is 23.6 Å². The van der Waals surface area contributed by atoms with Crippen LogP contribution in [-0.2, 0) is 14.8 Å². The van der Waals surface area contributed by atoms with Crippen molar-refractivity contribution in [3.05, 3.63) is 101 Å². The number of carbonyl (C=O) groups excluding carboxylic acids is 1. The van der Waals surface area contributed by atoms with Crippen molar-refractivity contribution in [1.82, 2.24) is 15.2 Å². The van der Waals surface area contributed by atoms with Crippen molar-refractivity contribution in [2.75, 3.05) is 17.1 Å². The number of anilines is 1. The summed E-state index contributed by atoms with van der Waals surface area (Å²) in [6.45, 7) is 3.27. The molecule has 0 aliphatic rings. The first kappa shape index (κ1) is 27.4. The minimum absolute atomic E-state index is 0.0860. The summed E-state index contributed by atoms with van der Waals surface area (Å²) in [5, 5.41) is 8.59. The Morgan fingerprint density at radius 2 is 1.71 bits per heavy atom. The molecule has 3 aromatic carbocycles. The monoisotopic (exact) mass is 567 g/mol. The molecule has 0 bridgehead atoms. The first-order chi connectivity index (χ1) is 18.2. The zero-order valence-electron chi connectivity index (χ0n) is 21.0. The molecule has 1 heterocycles. The van der Waals surface area contributed by atoms with Gasteiger partial charge in [0.1, 0.15) is 6.54 Å². The maximum absolute atomic E-state index is 13.5. The van der Waals surface area contributed by atoms with Gasteiger partial charge in [-0.15, -0.1) is 11.8 Å². The van der Waals surface area contributed by atoms with Gasteiger partial charge in [-0.05, 0) is 68.6 Å². The highest BCUT2D eigenvalue weighted by Gasteiger charge is 2.27. The Kier molecular flexibility index (Phi) is 8.55. The number of para-hydroxylation sites is 1. The first-order valence-corrected chi connectivity index (χ1v) is 14.6. The Labute approximate surface area is 231 Å². The highest BCUT2D eigenvalue weighted by Crippen LogP contribution is 2.26. The van der Waals surface area contributed by atoms with Gasteiger partial charge in [0.15, 0.2) is 5.15 Å². The van der Waals surface area contributed by atoms with Crippen molar-refractivity contribution in [2.24, 2.45) is 5.10 Å². The zero-order valence-corrected chi connectivity index (χ0v) is 23.4. The number of thioether (sulfide) groups is 1. The normalized spacial score (nSPS) is 11.6. The topological polar surface area (TPSA) is 96.7 Å². The SMILES string of the molecule is CSc1ccc(S(=O)(=O)N(CC(=O)N/N=C\c2c(Cl)nn(-c3ccccc3)c2C)c2ccc(C)cc2)cc1. The minimum Gasteiger partial charge on any atom is -0.271 e. The maximum atomic E-state index is 13.5. The number of amides is 1. The molecular formula is C27H26ClN5O3S2. The van der Waals surface area contributed by atoms with E-state index in [-0.39, 0.29) is 10.0 Å². The molecule has 8 nitrogen and oxygen atoms in total. The molecule has 0 saturated heterocycles. The molecule has 0 radical (unpaired) electrons. The number of sulfonamides is 1. The summed E-state index contributed by atoms with van der Waals surface area (Å²) in [5.41, 5.74) is 5.85. The number of rotatable bonds is 9. The molecular weight excluding hydrogens is 542 g/mol. The van der Waals surface area contributed by atoms with Crippen molar-refractivity contribution in [3.63, 3.8) is 0 Å². The van der Waals surface area contributed by atoms with Crippen molar-refractivity contribution in [3.8, 4) is 5.69 Å². The molecule has 0 aliphatic carbocycles. The Hall–Kier alpha value is -3.60. The number of aromatic nitrogens is 2. The van der Waals surface area contributed by atoms with E-state index < -0.39 is 22.5 Å². The standard InChI is InChI=1S/C27H26ClN5O3S2/c1-19-9-11-21(12-10-19)32(38(35,36)24-15-13-23(37-3)14-16-24)18-26(34)30-29-17-25-20(2)33(31-27(25)28)22-7-5-4-6-8-22/h4-17H,18H2,1-3H3,(H,30,34)/b29-17-. The molecule has 196 valence electrons. The number of nitrogens with zero attached hydrogens (tertiary/aromatic N) is 4. The molecule has 38 heavy (non-hydrogen) atoms. The van der Waals surface area contributed by atoms with Gasteiger partial charge in [0, 0.05) is 4.90 Å². The fraction of sp³-hybridized carbons (Fsp3) is 0.148. The predicted molar refractivity (Wildman–Crippen MR) is 153 cm³/mol. The Bertz CT molecular complexity index is 1550. The molecule has 4 aromatic rings. The van der Waals surface area contributed by atoms with Crippen LogP contribution in [0.2, 0.25) is 5.15 Å². The van der Waals surface area contributed by atoms with E-state index in [1.165, 1.54) is 30.1 Å². The molecule has 1 aromatic heterocycles. The quantitative estimate of drug-likeness (QED) is 0.170. The lowest BCUT2D eigenvalue weighted by atomic mass is 10.2. The molecule has 0 unspecified atom stereocenters. The third kappa shape index (κ3) is 6.09. The fourth-order valence-corrected chi connectivity index (χ4v) is 5.77. The van der Waals surface area contributed by atoms with Gasteiger partial charge in [0.05, 0.1) is 33.7 Å². The summed E-state index contributed by atoms with van der Waals surface area (Å²) in [7, 11) is -4.03. The number of hydrogen-bond acceptors (Lipinski definition) is 6. The van der Waals surface area contributed by atoms with Gasteiger partial charge in [-0.2, -0.15) is 10.2 Å². The Balaban J connectivity index is 1.55. The lowest BCUT2D eigenvalue weighted by molar-refractivity contribution is -0.119. The summed E-state index contributed by atoms with van der Waals surface area (Å²) in [6.07, 6.45) is 3.31. The number of hydrogen-bond donors (Lipinski definition) is 1. The van der Waals surface area contributed by atoms with Crippen LogP contribution in [0, 0.1) is 13.8 Å². The highest BCUT2D eigenvalue weighted by molar-refractivity contribution is 7.98. The van der Waals surface area contributed by atoms with Crippen molar-refractivity contribution in [1.29, 1.82) is 0 Å². The second-order valence-electron chi connectivity index (χ2n) is 8.35. The number of carbonyl (C=O) groups is 1. The van der Waals surface area contributed by atoms with E-state index in [1.54, 1.807) is 41.1 Å². The largest absolute Gasteiger partial charge is 0.271 e. The fourth-order valence-electron chi connectivity index (χ4n) is 3.68. The summed E-state index contributed by atoms with van der Waals surface area (Å²) in [5.74, 6) is -0.615. The number of benzene rings is 3. The van der Waals surface area contributed by atoms with Crippen LogP contribution >= 0.6 is 23.4 Å². The Morgan fingerprint density at radius 1 is 1.05 bits per heavy atom. The van der Waals surface area contributed by atoms with Gasteiger partial charge in [-0.3, -0.25) is 9.10 Å². The van der Waals surface area contributed by atoms with Crippen LogP contribution in [0.4, 0.5) is 5.69 Å². The van der Waals surface area contributed by atoms with E-state index in [4.69, 9.17) is 11.6 Å².